The van der Waals surface area contributed by atoms with Gasteiger partial charge in [-0.2, -0.15) is 9.57 Å². The molecule has 0 saturated carbocycles. The Bertz CT molecular complexity index is 1420. The van der Waals surface area contributed by atoms with E-state index in [-0.39, 0.29) is 4.90 Å². The van der Waals surface area contributed by atoms with E-state index in [0.717, 1.165) is 16.8 Å². The number of sulfonamides is 1. The van der Waals surface area contributed by atoms with Crippen LogP contribution in [0.2, 0.25) is 0 Å². The first-order chi connectivity index (χ1) is 15.6. The van der Waals surface area contributed by atoms with Gasteiger partial charge in [-0.05, 0) is 30.3 Å². The number of hydrogen-bond acceptors (Lipinski definition) is 5. The van der Waals surface area contributed by atoms with Gasteiger partial charge in [-0.15, -0.1) is 0 Å². The number of aromatic nitrogens is 2. The molecule has 5 rings (SSSR count). The van der Waals surface area contributed by atoms with E-state index in [1.165, 1.54) is 4.31 Å². The summed E-state index contributed by atoms with van der Waals surface area (Å²) >= 11 is 0. The first kappa shape index (κ1) is 20.2. The maximum absolute atomic E-state index is 13.3. The van der Waals surface area contributed by atoms with Crippen molar-refractivity contribution in [1.82, 2.24) is 14.3 Å². The van der Waals surface area contributed by atoms with Crippen molar-refractivity contribution < 1.29 is 8.42 Å². The second-order valence-corrected chi connectivity index (χ2v) is 9.59. The molecule has 2 heterocycles. The Morgan fingerprint density at radius 3 is 2.38 bits per heavy atom. The molecule has 32 heavy (non-hydrogen) atoms. The van der Waals surface area contributed by atoms with Gasteiger partial charge in [-0.3, -0.25) is 0 Å². The maximum Gasteiger partial charge on any atom is 0.243 e. The van der Waals surface area contributed by atoms with Crippen LogP contribution < -0.4 is 4.90 Å². The fraction of sp³-hybridized carbons (Fsp3) is 0.167. The number of H-pyrrole nitrogens is 1. The Hall–Kier alpha value is -3.67. The third kappa shape index (κ3) is 3.62. The van der Waals surface area contributed by atoms with Gasteiger partial charge in [0.25, 0.3) is 0 Å². The normalized spacial score (nSPS) is 15.0. The van der Waals surface area contributed by atoms with Gasteiger partial charge >= 0.3 is 0 Å². The second-order valence-electron chi connectivity index (χ2n) is 7.65. The van der Waals surface area contributed by atoms with E-state index in [9.17, 15) is 13.7 Å². The van der Waals surface area contributed by atoms with Crippen molar-refractivity contribution in [2.45, 2.75) is 4.90 Å². The quantitative estimate of drug-likeness (QED) is 0.520. The number of para-hydroxylation sites is 1. The van der Waals surface area contributed by atoms with Gasteiger partial charge in [0.15, 0.2) is 0 Å². The number of nitrogens with zero attached hydrogens (tertiary/aromatic N) is 4. The first-order valence-electron chi connectivity index (χ1n) is 10.4. The van der Waals surface area contributed by atoms with Crippen LogP contribution in [-0.4, -0.2) is 48.9 Å². The fourth-order valence-corrected chi connectivity index (χ4v) is 5.49. The Morgan fingerprint density at radius 2 is 1.62 bits per heavy atom. The summed E-state index contributed by atoms with van der Waals surface area (Å²) in [5.41, 5.74) is 3.80. The van der Waals surface area contributed by atoms with Crippen LogP contribution in [0, 0.1) is 11.3 Å². The van der Waals surface area contributed by atoms with Gasteiger partial charge in [0.05, 0.1) is 27.2 Å². The number of anilines is 1. The van der Waals surface area contributed by atoms with Crippen molar-refractivity contribution in [1.29, 1.82) is 5.26 Å². The zero-order chi connectivity index (χ0) is 22.1. The lowest BCUT2D eigenvalue weighted by Gasteiger charge is -2.35. The van der Waals surface area contributed by atoms with Gasteiger partial charge in [-0.25, -0.2) is 13.4 Å². The number of nitrogens with one attached hydrogen (secondary N) is 1. The molecule has 160 valence electrons. The van der Waals surface area contributed by atoms with Crippen LogP contribution in [0.1, 0.15) is 5.56 Å². The molecule has 1 aliphatic heterocycles. The molecular formula is C24H21N5O2S. The van der Waals surface area contributed by atoms with E-state index < -0.39 is 10.0 Å². The summed E-state index contributed by atoms with van der Waals surface area (Å²) < 4.78 is 28.1. The third-order valence-corrected chi connectivity index (χ3v) is 7.64. The van der Waals surface area contributed by atoms with Crippen LogP contribution in [0.3, 0.4) is 0 Å². The lowest BCUT2D eigenvalue weighted by molar-refractivity contribution is 0.385. The predicted octanol–water partition coefficient (Wildman–Crippen LogP) is 3.61. The molecule has 0 aliphatic carbocycles. The molecule has 1 N–H and O–H groups in total. The minimum absolute atomic E-state index is 0.249. The molecular weight excluding hydrogens is 422 g/mol. The minimum atomic E-state index is -3.64. The molecule has 3 aromatic carbocycles. The molecule has 0 amide bonds. The van der Waals surface area contributed by atoms with Gasteiger partial charge in [0, 0.05) is 31.7 Å². The molecule has 4 aromatic rings. The standard InChI is InChI=1S/C24H21N5O2S/c25-17-19-8-4-5-9-23(19)28-12-14-29(15-13-28)32(30,31)20-10-11-21-22(16-20)27-24(26-21)18-6-2-1-3-7-18/h1-11,16H,12-15H2,(H,26,27). The topological polar surface area (TPSA) is 93.1 Å². The third-order valence-electron chi connectivity index (χ3n) is 5.74. The van der Waals surface area contributed by atoms with Crippen molar-refractivity contribution in [3.05, 3.63) is 78.4 Å². The highest BCUT2D eigenvalue weighted by atomic mass is 32.2. The predicted molar refractivity (Wildman–Crippen MR) is 124 cm³/mol. The van der Waals surface area contributed by atoms with Gasteiger partial charge in [-0.1, -0.05) is 42.5 Å². The van der Waals surface area contributed by atoms with Crippen LogP contribution in [0.15, 0.2) is 77.7 Å². The second kappa shape index (κ2) is 8.11. The van der Waals surface area contributed by atoms with E-state index >= 15 is 0 Å². The van der Waals surface area contributed by atoms with E-state index in [0.29, 0.717) is 43.1 Å². The Labute approximate surface area is 186 Å². The number of hydrogen-bond donors (Lipinski definition) is 1. The van der Waals surface area contributed by atoms with Crippen molar-refractivity contribution in [2.24, 2.45) is 0 Å². The minimum Gasteiger partial charge on any atom is -0.368 e. The molecule has 7 nitrogen and oxygen atoms in total. The van der Waals surface area contributed by atoms with Crippen molar-refractivity contribution in [3.63, 3.8) is 0 Å². The van der Waals surface area contributed by atoms with E-state index in [1.807, 2.05) is 48.5 Å². The Balaban J connectivity index is 1.37. The molecule has 0 bridgehead atoms. The lowest BCUT2D eigenvalue weighted by Crippen LogP contribution is -2.48. The van der Waals surface area contributed by atoms with E-state index in [4.69, 9.17) is 0 Å². The van der Waals surface area contributed by atoms with E-state index in [2.05, 4.69) is 20.9 Å². The Kier molecular flexibility index (Phi) is 5.13. The summed E-state index contributed by atoms with van der Waals surface area (Å²) in [5.74, 6) is 0.708. The average molecular weight is 444 g/mol. The highest BCUT2D eigenvalue weighted by Crippen LogP contribution is 2.26. The SMILES string of the molecule is N#Cc1ccccc1N1CCN(S(=O)(=O)c2ccc3nc(-c4ccccc4)[nH]c3c2)CC1. The first-order valence-corrected chi connectivity index (χ1v) is 11.8. The molecule has 1 saturated heterocycles. The lowest BCUT2D eigenvalue weighted by atomic mass is 10.1. The summed E-state index contributed by atoms with van der Waals surface area (Å²) in [7, 11) is -3.64. The number of aromatic amines is 1. The monoisotopic (exact) mass is 443 g/mol. The van der Waals surface area contributed by atoms with Crippen LogP contribution >= 0.6 is 0 Å². The van der Waals surface area contributed by atoms with Gasteiger partial charge in [0.2, 0.25) is 10.0 Å². The van der Waals surface area contributed by atoms with Gasteiger partial charge in [0.1, 0.15) is 11.9 Å². The van der Waals surface area contributed by atoms with Crippen LogP contribution in [0.4, 0.5) is 5.69 Å². The van der Waals surface area contributed by atoms with Gasteiger partial charge < -0.3 is 9.88 Å². The number of rotatable bonds is 4. The number of imidazole rings is 1. The molecule has 0 unspecified atom stereocenters. The molecule has 1 aliphatic rings. The van der Waals surface area contributed by atoms with Crippen molar-refractivity contribution >= 4 is 26.7 Å². The highest BCUT2D eigenvalue weighted by molar-refractivity contribution is 7.89. The Morgan fingerprint density at radius 1 is 0.906 bits per heavy atom. The molecule has 8 heteroatoms. The molecule has 1 fully saturated rings. The van der Waals surface area contributed by atoms with Crippen LogP contribution in [0.5, 0.6) is 0 Å². The molecule has 0 spiro atoms. The number of piperazine rings is 1. The average Bonchev–Trinajstić information content (AvgIpc) is 3.28. The summed E-state index contributed by atoms with van der Waals surface area (Å²) in [5, 5.41) is 9.35. The maximum atomic E-state index is 13.3. The molecule has 0 radical (unpaired) electrons. The largest absolute Gasteiger partial charge is 0.368 e. The fourth-order valence-electron chi connectivity index (χ4n) is 4.04. The molecule has 0 atom stereocenters. The van der Waals surface area contributed by atoms with Crippen LogP contribution in [0.25, 0.3) is 22.4 Å². The van der Waals surface area contributed by atoms with Crippen molar-refractivity contribution in [2.75, 3.05) is 31.1 Å². The summed E-state index contributed by atoms with van der Waals surface area (Å²) in [4.78, 5) is 10.1. The zero-order valence-corrected chi connectivity index (χ0v) is 18.1. The van der Waals surface area contributed by atoms with Crippen LogP contribution in [-0.2, 0) is 10.0 Å². The summed E-state index contributed by atoms with van der Waals surface area (Å²) in [6, 6.07) is 24.4. The summed E-state index contributed by atoms with van der Waals surface area (Å²) in [6.45, 7) is 1.78. The zero-order valence-electron chi connectivity index (χ0n) is 17.3. The highest BCUT2D eigenvalue weighted by Gasteiger charge is 2.29. The number of benzene rings is 3. The smallest absolute Gasteiger partial charge is 0.243 e. The van der Waals surface area contributed by atoms with E-state index in [1.54, 1.807) is 24.3 Å². The number of nitriles is 1. The summed E-state index contributed by atoms with van der Waals surface area (Å²) in [6.07, 6.45) is 0. The van der Waals surface area contributed by atoms with Crippen molar-refractivity contribution in [3.8, 4) is 17.5 Å². The molecule has 1 aromatic heterocycles. The number of fused-ring (bicyclic) bond motifs is 1.